The van der Waals surface area contributed by atoms with Crippen molar-refractivity contribution in [3.8, 4) is 5.75 Å². The van der Waals surface area contributed by atoms with Crippen LogP contribution in [0.5, 0.6) is 5.75 Å². The van der Waals surface area contributed by atoms with Crippen molar-refractivity contribution < 1.29 is 14.3 Å². The summed E-state index contributed by atoms with van der Waals surface area (Å²) in [6.07, 6.45) is 10.8. The van der Waals surface area contributed by atoms with Gasteiger partial charge >= 0.3 is 5.97 Å². The lowest BCUT2D eigenvalue weighted by Crippen LogP contribution is -2.43. The monoisotopic (exact) mass is 355 g/mol. The standard InChI is InChI=1S/C22H29NO3/c1-25-20-10-8-17(9-11-20)14-19-15-22(12-5-13-23(19)16-22)26-21(24)18-6-3-2-4-7-18/h8-11,14,18H,2-7,12-13,15-16H2,1H3/b19-14+. The molecule has 140 valence electrons. The van der Waals surface area contributed by atoms with Crippen LogP contribution in [0.15, 0.2) is 30.0 Å². The SMILES string of the molecule is COc1ccc(/C=C2\CC3(OC(=O)C4CCCCC4)CCCN2C3)cc1. The number of carbonyl (C=O) groups excluding carboxylic acids is 1. The highest BCUT2D eigenvalue weighted by atomic mass is 16.6. The summed E-state index contributed by atoms with van der Waals surface area (Å²) in [7, 11) is 1.68. The van der Waals surface area contributed by atoms with Gasteiger partial charge in [-0.15, -0.1) is 0 Å². The number of benzene rings is 1. The van der Waals surface area contributed by atoms with Gasteiger partial charge in [0.25, 0.3) is 0 Å². The molecule has 3 fully saturated rings. The zero-order valence-corrected chi connectivity index (χ0v) is 15.7. The molecule has 1 aromatic rings. The lowest BCUT2D eigenvalue weighted by Gasteiger charge is -2.35. The van der Waals surface area contributed by atoms with Crippen LogP contribution >= 0.6 is 0 Å². The lowest BCUT2D eigenvalue weighted by atomic mass is 9.88. The number of piperidine rings is 1. The van der Waals surface area contributed by atoms with Crippen molar-refractivity contribution >= 4 is 12.0 Å². The molecular weight excluding hydrogens is 326 g/mol. The van der Waals surface area contributed by atoms with Crippen LogP contribution in [0, 0.1) is 5.92 Å². The van der Waals surface area contributed by atoms with E-state index >= 15 is 0 Å². The average molecular weight is 355 g/mol. The van der Waals surface area contributed by atoms with Crippen LogP contribution in [0.1, 0.15) is 56.9 Å². The molecule has 2 saturated heterocycles. The van der Waals surface area contributed by atoms with E-state index < -0.39 is 0 Å². The number of hydrogen-bond acceptors (Lipinski definition) is 4. The van der Waals surface area contributed by atoms with E-state index in [1.165, 1.54) is 30.5 Å². The molecule has 0 spiro atoms. The Labute approximate surface area is 156 Å². The Morgan fingerprint density at radius 2 is 1.92 bits per heavy atom. The van der Waals surface area contributed by atoms with E-state index in [-0.39, 0.29) is 17.5 Å². The number of fused-ring (bicyclic) bond motifs is 2. The molecule has 0 amide bonds. The zero-order valence-electron chi connectivity index (χ0n) is 15.7. The van der Waals surface area contributed by atoms with Crippen LogP contribution in [0.3, 0.4) is 0 Å². The molecule has 1 aromatic carbocycles. The Morgan fingerprint density at radius 3 is 2.65 bits per heavy atom. The van der Waals surface area contributed by atoms with Gasteiger partial charge in [0.2, 0.25) is 0 Å². The average Bonchev–Trinajstić information content (AvgIpc) is 2.92. The first kappa shape index (κ1) is 17.4. The van der Waals surface area contributed by atoms with Crippen molar-refractivity contribution in [1.29, 1.82) is 0 Å². The molecule has 1 saturated carbocycles. The van der Waals surface area contributed by atoms with E-state index in [0.29, 0.717) is 0 Å². The molecule has 4 nitrogen and oxygen atoms in total. The van der Waals surface area contributed by atoms with Crippen molar-refractivity contribution in [3.63, 3.8) is 0 Å². The van der Waals surface area contributed by atoms with Crippen molar-refractivity contribution in [3.05, 3.63) is 35.5 Å². The minimum absolute atomic E-state index is 0.0530. The van der Waals surface area contributed by atoms with Gasteiger partial charge in [-0.2, -0.15) is 0 Å². The molecule has 4 rings (SSSR count). The van der Waals surface area contributed by atoms with Gasteiger partial charge in [0, 0.05) is 18.7 Å². The number of methoxy groups -OCH3 is 1. The Hall–Kier alpha value is -1.97. The molecule has 26 heavy (non-hydrogen) atoms. The summed E-state index contributed by atoms with van der Waals surface area (Å²) in [5, 5.41) is 0. The van der Waals surface area contributed by atoms with Gasteiger partial charge in [-0.1, -0.05) is 31.4 Å². The summed E-state index contributed by atoms with van der Waals surface area (Å²) < 4.78 is 11.4. The Kier molecular flexibility index (Phi) is 4.92. The zero-order chi connectivity index (χ0) is 18.0. The minimum atomic E-state index is -0.301. The van der Waals surface area contributed by atoms with Crippen LogP contribution in [-0.4, -0.2) is 36.7 Å². The molecule has 3 aliphatic rings. The summed E-state index contributed by atoms with van der Waals surface area (Å²) in [5.41, 5.74) is 2.16. The van der Waals surface area contributed by atoms with Crippen LogP contribution < -0.4 is 4.74 Å². The third kappa shape index (κ3) is 3.60. The quantitative estimate of drug-likeness (QED) is 0.751. The van der Waals surface area contributed by atoms with E-state index in [1.807, 2.05) is 12.1 Å². The van der Waals surface area contributed by atoms with Gasteiger partial charge in [-0.05, 0) is 49.5 Å². The largest absolute Gasteiger partial charge is 0.497 e. The number of rotatable bonds is 4. The first-order valence-electron chi connectivity index (χ1n) is 10.00. The lowest BCUT2D eigenvalue weighted by molar-refractivity contribution is -0.167. The molecule has 2 bridgehead atoms. The maximum atomic E-state index is 12.7. The van der Waals surface area contributed by atoms with Crippen LogP contribution in [-0.2, 0) is 9.53 Å². The molecule has 2 aliphatic heterocycles. The van der Waals surface area contributed by atoms with Gasteiger partial charge in [-0.25, -0.2) is 0 Å². The van der Waals surface area contributed by atoms with E-state index in [1.54, 1.807) is 7.11 Å². The smallest absolute Gasteiger partial charge is 0.309 e. The summed E-state index contributed by atoms with van der Waals surface area (Å²) in [5.74, 6) is 1.05. The van der Waals surface area contributed by atoms with Crippen molar-refractivity contribution in [1.82, 2.24) is 4.90 Å². The van der Waals surface area contributed by atoms with E-state index in [0.717, 1.165) is 50.9 Å². The highest BCUT2D eigenvalue weighted by molar-refractivity contribution is 5.73. The summed E-state index contributed by atoms with van der Waals surface area (Å²) in [6, 6.07) is 8.13. The summed E-state index contributed by atoms with van der Waals surface area (Å²) in [4.78, 5) is 15.1. The fraction of sp³-hybridized carbons (Fsp3) is 0.591. The molecular formula is C22H29NO3. The van der Waals surface area contributed by atoms with E-state index in [9.17, 15) is 4.79 Å². The van der Waals surface area contributed by atoms with Gasteiger partial charge in [0.05, 0.1) is 19.6 Å². The fourth-order valence-corrected chi connectivity index (χ4v) is 4.72. The molecule has 0 aromatic heterocycles. The minimum Gasteiger partial charge on any atom is -0.497 e. The highest BCUT2D eigenvalue weighted by Gasteiger charge is 2.47. The molecule has 0 N–H and O–H groups in total. The number of hydrogen-bond donors (Lipinski definition) is 0. The Morgan fingerprint density at radius 1 is 1.15 bits per heavy atom. The third-order valence-electron chi connectivity index (χ3n) is 6.15. The van der Waals surface area contributed by atoms with Crippen LogP contribution in [0.25, 0.3) is 6.08 Å². The fourth-order valence-electron chi connectivity index (χ4n) is 4.72. The van der Waals surface area contributed by atoms with Crippen LogP contribution in [0.2, 0.25) is 0 Å². The predicted molar refractivity (Wildman–Crippen MR) is 102 cm³/mol. The predicted octanol–water partition coefficient (Wildman–Crippen LogP) is 4.40. The summed E-state index contributed by atoms with van der Waals surface area (Å²) in [6.45, 7) is 1.91. The molecule has 2 heterocycles. The number of nitrogens with zero attached hydrogens (tertiary/aromatic N) is 1. The normalized spacial score (nSPS) is 27.6. The van der Waals surface area contributed by atoms with Gasteiger partial charge in [0.15, 0.2) is 0 Å². The summed E-state index contributed by atoms with van der Waals surface area (Å²) >= 11 is 0. The second-order valence-electron chi connectivity index (χ2n) is 8.05. The second kappa shape index (κ2) is 7.34. The van der Waals surface area contributed by atoms with Gasteiger partial charge in [-0.3, -0.25) is 4.79 Å². The Bertz CT molecular complexity index is 675. The highest BCUT2D eigenvalue weighted by Crippen LogP contribution is 2.42. The molecule has 1 aliphatic carbocycles. The number of carbonyl (C=O) groups is 1. The first-order valence-corrected chi connectivity index (χ1v) is 10.00. The molecule has 1 unspecified atom stereocenters. The topological polar surface area (TPSA) is 38.8 Å². The Balaban J connectivity index is 1.47. The number of esters is 1. The van der Waals surface area contributed by atoms with Crippen molar-refractivity contribution in [2.75, 3.05) is 20.2 Å². The van der Waals surface area contributed by atoms with E-state index in [2.05, 4.69) is 23.1 Å². The van der Waals surface area contributed by atoms with E-state index in [4.69, 9.17) is 9.47 Å². The molecule has 4 heteroatoms. The molecule has 1 atom stereocenters. The van der Waals surface area contributed by atoms with Crippen molar-refractivity contribution in [2.45, 2.75) is 57.0 Å². The maximum Gasteiger partial charge on any atom is 0.309 e. The molecule has 0 radical (unpaired) electrons. The van der Waals surface area contributed by atoms with Gasteiger partial charge in [0.1, 0.15) is 11.4 Å². The third-order valence-corrected chi connectivity index (χ3v) is 6.15. The maximum absolute atomic E-state index is 12.7. The van der Waals surface area contributed by atoms with Gasteiger partial charge < -0.3 is 14.4 Å². The van der Waals surface area contributed by atoms with Crippen molar-refractivity contribution in [2.24, 2.45) is 5.92 Å². The number of ether oxygens (including phenoxy) is 2. The second-order valence-corrected chi connectivity index (χ2v) is 8.05. The van der Waals surface area contributed by atoms with Crippen LogP contribution in [0.4, 0.5) is 0 Å². The first-order chi connectivity index (χ1) is 12.7.